The van der Waals surface area contributed by atoms with E-state index in [9.17, 15) is 4.79 Å². The third kappa shape index (κ3) is 4.07. The first-order valence-electron chi connectivity index (χ1n) is 11.0. The largest absolute Gasteiger partial charge is 0.367 e. The smallest absolute Gasteiger partial charge is 0.256 e. The van der Waals surface area contributed by atoms with Crippen LogP contribution in [0.2, 0.25) is 0 Å². The minimum atomic E-state index is -0.123. The number of piperazine rings is 1. The molecule has 1 aromatic heterocycles. The number of carbonyl (C=O) groups is 1. The summed E-state index contributed by atoms with van der Waals surface area (Å²) in [6.07, 6.45) is 0. The van der Waals surface area contributed by atoms with Crippen molar-refractivity contribution in [3.05, 3.63) is 90.5 Å². The van der Waals surface area contributed by atoms with E-state index in [1.54, 1.807) is 0 Å². The van der Waals surface area contributed by atoms with Crippen LogP contribution in [0.3, 0.4) is 0 Å². The Kier molecular flexibility index (Phi) is 5.57. The van der Waals surface area contributed by atoms with Crippen LogP contribution in [-0.2, 0) is 0 Å². The maximum Gasteiger partial charge on any atom is 0.256 e. The lowest BCUT2D eigenvalue weighted by Crippen LogP contribution is -2.44. The standard InChI is InChI=1S/C27H26N4O/c1-30-15-17-31(18-16-30)26-14-8-7-13-24(26)29-27(32)22-19-25(20-9-3-2-4-10-20)28-23-12-6-5-11-21(22)23/h2-14,19H,15-18H2,1H3,(H,29,32). The molecule has 0 radical (unpaired) electrons. The van der Waals surface area contributed by atoms with Gasteiger partial charge in [0.15, 0.2) is 0 Å². The first-order valence-corrected chi connectivity index (χ1v) is 11.0. The Hall–Kier alpha value is -3.70. The highest BCUT2D eigenvalue weighted by atomic mass is 16.1. The van der Waals surface area contributed by atoms with Gasteiger partial charge in [-0.1, -0.05) is 60.7 Å². The minimum Gasteiger partial charge on any atom is -0.367 e. The summed E-state index contributed by atoms with van der Waals surface area (Å²) in [6.45, 7) is 3.91. The average Bonchev–Trinajstić information content (AvgIpc) is 2.85. The highest BCUT2D eigenvalue weighted by Crippen LogP contribution is 2.29. The predicted octanol–water partition coefficient (Wildman–Crippen LogP) is 4.91. The van der Waals surface area contributed by atoms with Crippen LogP contribution in [0, 0.1) is 0 Å². The van der Waals surface area contributed by atoms with Gasteiger partial charge in [-0.15, -0.1) is 0 Å². The van der Waals surface area contributed by atoms with Crippen molar-refractivity contribution in [2.75, 3.05) is 43.4 Å². The number of para-hydroxylation sites is 3. The zero-order valence-electron chi connectivity index (χ0n) is 18.2. The SMILES string of the molecule is CN1CCN(c2ccccc2NC(=O)c2cc(-c3ccccc3)nc3ccccc23)CC1. The van der Waals surface area contributed by atoms with E-state index in [-0.39, 0.29) is 5.91 Å². The molecule has 0 saturated carbocycles. The molecule has 0 atom stereocenters. The van der Waals surface area contributed by atoms with Gasteiger partial charge in [-0.05, 0) is 31.3 Å². The van der Waals surface area contributed by atoms with Gasteiger partial charge < -0.3 is 15.1 Å². The van der Waals surface area contributed by atoms with Gasteiger partial charge in [0, 0.05) is 37.1 Å². The molecule has 160 valence electrons. The fourth-order valence-corrected chi connectivity index (χ4v) is 4.21. The van der Waals surface area contributed by atoms with Crippen LogP contribution < -0.4 is 10.2 Å². The van der Waals surface area contributed by atoms with Crippen LogP contribution in [0.15, 0.2) is 84.9 Å². The van der Waals surface area contributed by atoms with Crippen molar-refractivity contribution in [2.45, 2.75) is 0 Å². The molecule has 1 amide bonds. The topological polar surface area (TPSA) is 48.5 Å². The van der Waals surface area contributed by atoms with Gasteiger partial charge in [0.25, 0.3) is 5.91 Å². The molecule has 4 aromatic rings. The van der Waals surface area contributed by atoms with E-state index < -0.39 is 0 Å². The fraction of sp³-hybridized carbons (Fsp3) is 0.185. The second-order valence-corrected chi connectivity index (χ2v) is 8.20. The number of pyridine rings is 1. The molecule has 1 saturated heterocycles. The second kappa shape index (κ2) is 8.81. The summed E-state index contributed by atoms with van der Waals surface area (Å²) in [5.41, 5.74) is 5.13. The number of likely N-dealkylation sites (N-methyl/N-ethyl adjacent to an activating group) is 1. The van der Waals surface area contributed by atoms with E-state index in [1.165, 1.54) is 0 Å². The molecule has 32 heavy (non-hydrogen) atoms. The molecule has 1 fully saturated rings. The number of anilines is 2. The minimum absolute atomic E-state index is 0.123. The van der Waals surface area contributed by atoms with Gasteiger partial charge >= 0.3 is 0 Å². The van der Waals surface area contributed by atoms with Crippen molar-refractivity contribution in [3.8, 4) is 11.3 Å². The monoisotopic (exact) mass is 422 g/mol. The zero-order chi connectivity index (χ0) is 21.9. The summed E-state index contributed by atoms with van der Waals surface area (Å²) >= 11 is 0. The lowest BCUT2D eigenvalue weighted by molar-refractivity contribution is 0.102. The summed E-state index contributed by atoms with van der Waals surface area (Å²) in [7, 11) is 2.14. The summed E-state index contributed by atoms with van der Waals surface area (Å²) in [4.78, 5) is 23.0. The van der Waals surface area contributed by atoms with Crippen LogP contribution in [-0.4, -0.2) is 49.0 Å². The molecule has 1 aliphatic heterocycles. The highest BCUT2D eigenvalue weighted by molar-refractivity contribution is 6.14. The number of amides is 1. The Morgan fingerprint density at radius 1 is 0.844 bits per heavy atom. The van der Waals surface area contributed by atoms with Crippen LogP contribution >= 0.6 is 0 Å². The molecular weight excluding hydrogens is 396 g/mol. The molecule has 1 aliphatic rings. The van der Waals surface area contributed by atoms with Crippen LogP contribution in [0.4, 0.5) is 11.4 Å². The maximum absolute atomic E-state index is 13.5. The predicted molar refractivity (Wildman–Crippen MR) is 131 cm³/mol. The van der Waals surface area contributed by atoms with Crippen LogP contribution in [0.25, 0.3) is 22.2 Å². The van der Waals surface area contributed by atoms with Crippen molar-refractivity contribution in [1.29, 1.82) is 0 Å². The molecule has 0 spiro atoms. The van der Waals surface area contributed by atoms with Crippen molar-refractivity contribution in [3.63, 3.8) is 0 Å². The molecule has 2 heterocycles. The van der Waals surface area contributed by atoms with Gasteiger partial charge in [-0.3, -0.25) is 4.79 Å². The molecule has 5 heteroatoms. The fourth-order valence-electron chi connectivity index (χ4n) is 4.21. The second-order valence-electron chi connectivity index (χ2n) is 8.20. The average molecular weight is 423 g/mol. The molecule has 3 aromatic carbocycles. The van der Waals surface area contributed by atoms with Crippen molar-refractivity contribution in [2.24, 2.45) is 0 Å². The van der Waals surface area contributed by atoms with Crippen molar-refractivity contribution in [1.82, 2.24) is 9.88 Å². The van der Waals surface area contributed by atoms with Gasteiger partial charge in [0.1, 0.15) is 0 Å². The van der Waals surface area contributed by atoms with Crippen molar-refractivity contribution >= 4 is 28.2 Å². The van der Waals surface area contributed by atoms with E-state index in [0.717, 1.165) is 59.7 Å². The Morgan fingerprint density at radius 3 is 2.34 bits per heavy atom. The molecule has 0 aliphatic carbocycles. The summed E-state index contributed by atoms with van der Waals surface area (Å²) in [5.74, 6) is -0.123. The molecule has 0 bridgehead atoms. The molecule has 5 nitrogen and oxygen atoms in total. The van der Waals surface area contributed by atoms with Gasteiger partial charge in [-0.2, -0.15) is 0 Å². The zero-order valence-corrected chi connectivity index (χ0v) is 18.2. The molecular formula is C27H26N4O. The summed E-state index contributed by atoms with van der Waals surface area (Å²) in [6, 6.07) is 27.7. The Morgan fingerprint density at radius 2 is 1.53 bits per heavy atom. The molecule has 1 N–H and O–H groups in total. The molecule has 5 rings (SSSR count). The normalized spacial score (nSPS) is 14.5. The first-order chi connectivity index (χ1) is 15.7. The quantitative estimate of drug-likeness (QED) is 0.508. The van der Waals surface area contributed by atoms with E-state index in [1.807, 2.05) is 78.9 Å². The van der Waals surface area contributed by atoms with Crippen molar-refractivity contribution < 1.29 is 4.79 Å². The van der Waals surface area contributed by atoms with E-state index in [0.29, 0.717) is 5.56 Å². The number of benzene rings is 3. The van der Waals surface area contributed by atoms with E-state index in [4.69, 9.17) is 4.98 Å². The van der Waals surface area contributed by atoms with Gasteiger partial charge in [0.05, 0.1) is 28.1 Å². The number of fused-ring (bicyclic) bond motifs is 1. The Balaban J connectivity index is 1.51. The summed E-state index contributed by atoms with van der Waals surface area (Å²) < 4.78 is 0. The first kappa shape index (κ1) is 20.2. The van der Waals surface area contributed by atoms with E-state index >= 15 is 0 Å². The van der Waals surface area contributed by atoms with Crippen LogP contribution in [0.1, 0.15) is 10.4 Å². The number of hydrogen-bond acceptors (Lipinski definition) is 4. The van der Waals surface area contributed by atoms with Gasteiger partial charge in [0.2, 0.25) is 0 Å². The maximum atomic E-state index is 13.5. The summed E-state index contributed by atoms with van der Waals surface area (Å²) in [5, 5.41) is 4.03. The Bertz CT molecular complexity index is 1250. The number of hydrogen-bond donors (Lipinski definition) is 1. The Labute approximate surface area is 188 Å². The number of carbonyl (C=O) groups excluding carboxylic acids is 1. The number of aromatic nitrogens is 1. The number of nitrogens with zero attached hydrogens (tertiary/aromatic N) is 3. The third-order valence-electron chi connectivity index (χ3n) is 6.03. The third-order valence-corrected chi connectivity index (χ3v) is 6.03. The lowest BCUT2D eigenvalue weighted by atomic mass is 10.0. The van der Waals surface area contributed by atoms with E-state index in [2.05, 4.69) is 28.2 Å². The number of nitrogens with one attached hydrogen (secondary N) is 1. The lowest BCUT2D eigenvalue weighted by Gasteiger charge is -2.35. The van der Waals surface area contributed by atoms with Gasteiger partial charge in [-0.25, -0.2) is 4.98 Å². The number of rotatable bonds is 4. The van der Waals surface area contributed by atoms with Crippen LogP contribution in [0.5, 0.6) is 0 Å². The highest BCUT2D eigenvalue weighted by Gasteiger charge is 2.19. The molecule has 0 unspecified atom stereocenters.